The van der Waals surface area contributed by atoms with Gasteiger partial charge in [0.25, 0.3) is 0 Å². The summed E-state index contributed by atoms with van der Waals surface area (Å²) < 4.78 is 1.31. The molecule has 0 radical (unpaired) electrons. The third kappa shape index (κ3) is 5.16. The van der Waals surface area contributed by atoms with Crippen molar-refractivity contribution in [2.45, 2.75) is 68.1 Å². The van der Waals surface area contributed by atoms with Crippen molar-refractivity contribution >= 4 is 33.6 Å². The molecule has 4 aromatic rings. The van der Waals surface area contributed by atoms with E-state index in [1.54, 1.807) is 0 Å². The minimum Gasteiger partial charge on any atom is -0.264 e. The summed E-state index contributed by atoms with van der Waals surface area (Å²) >= 11 is 4.02. The Morgan fingerprint density at radius 3 is 1.56 bits per heavy atom. The van der Waals surface area contributed by atoms with Crippen molar-refractivity contribution in [3.8, 4) is 22.3 Å². The largest absolute Gasteiger partial charge is 0.264 e. The molecule has 0 amide bonds. The van der Waals surface area contributed by atoms with E-state index >= 15 is 0 Å². The number of hydrogen-bond acceptors (Lipinski definition) is 2. The molecule has 0 saturated carbocycles. The average molecular weight is 603 g/mol. The zero-order valence-electron chi connectivity index (χ0n) is 25.9. The van der Waals surface area contributed by atoms with Crippen LogP contribution < -0.4 is 10.9 Å². The Morgan fingerprint density at radius 1 is 0.683 bits per heavy atom. The van der Waals surface area contributed by atoms with E-state index in [2.05, 4.69) is 119 Å². The zero-order chi connectivity index (χ0) is 29.6. The Hall–Kier alpha value is -3.24. The summed E-state index contributed by atoms with van der Waals surface area (Å²) in [5, 5.41) is 0. The standard InChI is InChI=1S/C37H40BBrN2/c1-21-16-23(3)34(27(7)32(21)30-12-10-14-40-19-30)38(36-25(5)18-26(6)37(39)29(36)9)35-24(4)17-22(2)33(28(35)8)31-13-11-15-41-20-31/h10-20,29,36H,1-9H3. The van der Waals surface area contributed by atoms with Crippen LogP contribution in [-0.2, 0) is 0 Å². The Bertz CT molecular complexity index is 1590. The second-order valence-corrected chi connectivity index (χ2v) is 12.9. The maximum Gasteiger partial charge on any atom is 0.218 e. The van der Waals surface area contributed by atoms with Crippen molar-refractivity contribution < 1.29 is 0 Å². The van der Waals surface area contributed by atoms with Gasteiger partial charge in [-0.3, -0.25) is 9.97 Å². The fourth-order valence-electron chi connectivity index (χ4n) is 7.74. The summed E-state index contributed by atoms with van der Waals surface area (Å²) in [5.74, 6) is 0.644. The van der Waals surface area contributed by atoms with Gasteiger partial charge in [-0.1, -0.05) is 80.8 Å². The van der Waals surface area contributed by atoms with Crippen LogP contribution in [0.4, 0.5) is 0 Å². The van der Waals surface area contributed by atoms with Crippen molar-refractivity contribution in [3.63, 3.8) is 0 Å². The molecule has 0 bridgehead atoms. The lowest BCUT2D eigenvalue weighted by atomic mass is 9.28. The molecule has 2 aromatic heterocycles. The molecule has 2 atom stereocenters. The number of nitrogens with zero attached hydrogens (tertiary/aromatic N) is 2. The first-order valence-corrected chi connectivity index (χ1v) is 15.4. The molecule has 5 rings (SSSR count). The number of rotatable bonds is 5. The average Bonchev–Trinajstić information content (AvgIpc) is 2.92. The molecule has 2 aromatic carbocycles. The van der Waals surface area contributed by atoms with Crippen LogP contribution in [0.15, 0.2) is 82.9 Å². The first-order valence-electron chi connectivity index (χ1n) is 14.6. The highest BCUT2D eigenvalue weighted by Crippen LogP contribution is 2.44. The first kappa shape index (κ1) is 29.3. The first-order chi connectivity index (χ1) is 19.5. The lowest BCUT2D eigenvalue weighted by molar-refractivity contribution is 0.681. The maximum atomic E-state index is 4.49. The molecule has 4 heteroatoms. The SMILES string of the molecule is CC1=CC(C)=C(Br)C(C)C1B(c1c(C)cc(C)c(-c2cccnc2)c1C)c1c(C)cc(C)c(-c2cccnc2)c1C. The Labute approximate surface area is 255 Å². The van der Waals surface area contributed by atoms with Crippen LogP contribution in [-0.4, -0.2) is 16.7 Å². The van der Waals surface area contributed by atoms with Crippen LogP contribution >= 0.6 is 15.9 Å². The number of aromatic nitrogens is 2. The topological polar surface area (TPSA) is 25.8 Å². The van der Waals surface area contributed by atoms with Crippen molar-refractivity contribution in [3.05, 3.63) is 116 Å². The lowest BCUT2D eigenvalue weighted by Crippen LogP contribution is -2.53. The fraction of sp³-hybridized carbons (Fsp3) is 0.297. The number of pyridine rings is 2. The summed E-state index contributed by atoms with van der Waals surface area (Å²) in [7, 11) is 0. The second kappa shape index (κ2) is 11.6. The van der Waals surface area contributed by atoms with Crippen molar-refractivity contribution in [2.75, 3.05) is 0 Å². The van der Waals surface area contributed by atoms with Crippen molar-refractivity contribution in [1.82, 2.24) is 9.97 Å². The third-order valence-corrected chi connectivity index (χ3v) is 10.6. The number of aryl methyl sites for hydroxylation is 4. The predicted octanol–water partition coefficient (Wildman–Crippen LogP) is 8.91. The van der Waals surface area contributed by atoms with Gasteiger partial charge in [-0.25, -0.2) is 0 Å². The molecule has 2 heterocycles. The Kier molecular flexibility index (Phi) is 8.26. The van der Waals surface area contributed by atoms with Gasteiger partial charge in [0.05, 0.1) is 0 Å². The zero-order valence-corrected chi connectivity index (χ0v) is 27.4. The molecule has 1 aliphatic carbocycles. The second-order valence-electron chi connectivity index (χ2n) is 12.0. The summed E-state index contributed by atoms with van der Waals surface area (Å²) in [6.07, 6.45) is 10.1. The van der Waals surface area contributed by atoms with Gasteiger partial charge in [0.1, 0.15) is 0 Å². The highest BCUT2D eigenvalue weighted by Gasteiger charge is 2.41. The molecule has 0 spiro atoms. The lowest BCUT2D eigenvalue weighted by Gasteiger charge is -2.38. The van der Waals surface area contributed by atoms with Gasteiger partial charge >= 0.3 is 0 Å². The predicted molar refractivity (Wildman–Crippen MR) is 181 cm³/mol. The minimum absolute atomic E-state index is 0.175. The van der Waals surface area contributed by atoms with Crippen LogP contribution in [0.5, 0.6) is 0 Å². The molecule has 0 saturated heterocycles. The number of allylic oxidation sites excluding steroid dienone is 4. The van der Waals surface area contributed by atoms with Crippen LogP contribution in [0.25, 0.3) is 22.3 Å². The summed E-state index contributed by atoms with van der Waals surface area (Å²) in [6.45, 7) is 20.9. The maximum absolute atomic E-state index is 4.49. The molecule has 41 heavy (non-hydrogen) atoms. The van der Waals surface area contributed by atoms with Gasteiger partial charge in [0.2, 0.25) is 6.71 Å². The molecule has 0 aliphatic heterocycles. The van der Waals surface area contributed by atoms with Gasteiger partial charge in [0.15, 0.2) is 0 Å². The molecular weight excluding hydrogens is 563 g/mol. The number of halogens is 1. The number of hydrogen-bond donors (Lipinski definition) is 0. The molecule has 2 unspecified atom stereocenters. The van der Waals surface area contributed by atoms with Gasteiger partial charge in [-0.05, 0) is 118 Å². The van der Waals surface area contributed by atoms with E-state index in [1.807, 2.05) is 36.9 Å². The minimum atomic E-state index is 0.175. The smallest absolute Gasteiger partial charge is 0.218 e. The van der Waals surface area contributed by atoms with Crippen LogP contribution in [0, 0.1) is 47.5 Å². The monoisotopic (exact) mass is 602 g/mol. The molecule has 1 aliphatic rings. The quantitative estimate of drug-likeness (QED) is 0.213. The molecule has 0 fully saturated rings. The van der Waals surface area contributed by atoms with Gasteiger partial charge in [-0.2, -0.15) is 0 Å². The highest BCUT2D eigenvalue weighted by atomic mass is 79.9. The van der Waals surface area contributed by atoms with E-state index in [0.29, 0.717) is 11.7 Å². The normalized spacial score (nSPS) is 17.1. The Morgan fingerprint density at radius 2 is 1.15 bits per heavy atom. The summed E-state index contributed by atoms with van der Waals surface area (Å²) in [4.78, 5) is 8.97. The van der Waals surface area contributed by atoms with Crippen LogP contribution in [0.3, 0.4) is 0 Å². The fourth-order valence-corrected chi connectivity index (χ4v) is 8.14. The van der Waals surface area contributed by atoms with Gasteiger partial charge in [-0.15, -0.1) is 0 Å². The number of benzene rings is 2. The molecule has 208 valence electrons. The van der Waals surface area contributed by atoms with E-state index in [-0.39, 0.29) is 6.71 Å². The third-order valence-electron chi connectivity index (χ3n) is 9.23. The van der Waals surface area contributed by atoms with E-state index in [1.165, 1.54) is 82.2 Å². The van der Waals surface area contributed by atoms with Crippen molar-refractivity contribution in [2.24, 2.45) is 5.92 Å². The van der Waals surface area contributed by atoms with E-state index < -0.39 is 0 Å². The summed E-state index contributed by atoms with van der Waals surface area (Å²) in [6, 6.07) is 13.2. The van der Waals surface area contributed by atoms with Crippen molar-refractivity contribution in [1.29, 1.82) is 0 Å². The van der Waals surface area contributed by atoms with E-state index in [0.717, 1.165) is 0 Å². The van der Waals surface area contributed by atoms with Crippen LogP contribution in [0.1, 0.15) is 54.2 Å². The summed E-state index contributed by atoms with van der Waals surface area (Å²) in [5.41, 5.74) is 18.6. The van der Waals surface area contributed by atoms with E-state index in [9.17, 15) is 0 Å². The molecule has 0 N–H and O–H groups in total. The van der Waals surface area contributed by atoms with Crippen LogP contribution in [0.2, 0.25) is 5.82 Å². The van der Waals surface area contributed by atoms with E-state index in [4.69, 9.17) is 0 Å². The molecule has 2 nitrogen and oxygen atoms in total. The molecular formula is C37H40BBrN2. The Balaban J connectivity index is 1.88. The van der Waals surface area contributed by atoms with Gasteiger partial charge in [0, 0.05) is 40.4 Å². The highest BCUT2D eigenvalue weighted by molar-refractivity contribution is 9.11. The van der Waals surface area contributed by atoms with Gasteiger partial charge < -0.3 is 0 Å².